The van der Waals surface area contributed by atoms with E-state index in [1.807, 2.05) is 12.1 Å². The fourth-order valence-electron chi connectivity index (χ4n) is 7.67. The molecule has 6 rings (SSSR count). The molecule has 2 saturated carbocycles. The maximum absolute atomic E-state index is 13.7. The Labute approximate surface area is 222 Å². The molecular weight excluding hydrogens is 487 g/mol. The van der Waals surface area contributed by atoms with Gasteiger partial charge < -0.3 is 10.0 Å². The molecule has 0 radical (unpaired) electrons. The summed E-state index contributed by atoms with van der Waals surface area (Å²) >= 11 is 0. The number of benzene rings is 2. The van der Waals surface area contributed by atoms with Crippen LogP contribution in [0.25, 0.3) is 5.57 Å². The van der Waals surface area contributed by atoms with E-state index in [0.29, 0.717) is 23.8 Å². The van der Waals surface area contributed by atoms with Crippen molar-refractivity contribution in [3.63, 3.8) is 0 Å². The molecule has 0 atom stereocenters. The molecule has 1 spiro atoms. The summed E-state index contributed by atoms with van der Waals surface area (Å²) < 4.78 is 39.8. The molecule has 3 fully saturated rings. The Kier molecular flexibility index (Phi) is 6.66. The zero-order chi connectivity index (χ0) is 26.5. The number of likely N-dealkylation sites (tertiary alicyclic amines) is 1. The summed E-state index contributed by atoms with van der Waals surface area (Å²) in [6.45, 7) is 2.64. The second-order valence-corrected chi connectivity index (χ2v) is 12.3. The summed E-state index contributed by atoms with van der Waals surface area (Å²) in [5.41, 5.74) is 7.26. The number of fused-ring (bicyclic) bond motifs is 1. The smallest absolute Gasteiger partial charge is 0.335 e. The Morgan fingerprint density at radius 3 is 2.42 bits per heavy atom. The van der Waals surface area contributed by atoms with Crippen LogP contribution in [0.2, 0.25) is 0 Å². The Bertz CT molecular complexity index is 1230. The molecule has 3 nitrogen and oxygen atoms in total. The van der Waals surface area contributed by atoms with Crippen molar-refractivity contribution < 1.29 is 23.1 Å². The van der Waals surface area contributed by atoms with Crippen LogP contribution in [0, 0.1) is 17.3 Å². The molecule has 202 valence electrons. The van der Waals surface area contributed by atoms with Crippen LogP contribution in [0.3, 0.4) is 0 Å². The van der Waals surface area contributed by atoms with Gasteiger partial charge in [-0.1, -0.05) is 35.9 Å². The van der Waals surface area contributed by atoms with Crippen LogP contribution in [-0.2, 0) is 12.8 Å². The molecule has 0 unspecified atom stereocenters. The first-order valence-electron chi connectivity index (χ1n) is 14.1. The molecule has 4 aliphatic rings. The van der Waals surface area contributed by atoms with Crippen LogP contribution in [0.4, 0.5) is 13.2 Å². The number of allylic oxidation sites excluding steroid dienone is 1. The third kappa shape index (κ3) is 4.92. The number of alkyl halides is 3. The van der Waals surface area contributed by atoms with Gasteiger partial charge in [0.25, 0.3) is 0 Å². The highest BCUT2D eigenvalue weighted by atomic mass is 19.3. The third-order valence-corrected chi connectivity index (χ3v) is 9.36. The highest BCUT2D eigenvalue weighted by molar-refractivity contribution is 5.90. The van der Waals surface area contributed by atoms with Gasteiger partial charge in [-0.15, -0.1) is 0 Å². The van der Waals surface area contributed by atoms with Crippen molar-refractivity contribution in [2.24, 2.45) is 17.3 Å². The van der Waals surface area contributed by atoms with E-state index >= 15 is 0 Å². The summed E-state index contributed by atoms with van der Waals surface area (Å²) in [7, 11) is 0. The topological polar surface area (TPSA) is 40.5 Å². The van der Waals surface area contributed by atoms with Gasteiger partial charge in [-0.25, -0.2) is 13.6 Å². The molecule has 0 amide bonds. The predicted molar refractivity (Wildman–Crippen MR) is 142 cm³/mol. The van der Waals surface area contributed by atoms with Crippen molar-refractivity contribution in [2.45, 2.75) is 63.7 Å². The first kappa shape index (κ1) is 25.7. The van der Waals surface area contributed by atoms with E-state index in [2.05, 4.69) is 29.2 Å². The molecule has 3 aliphatic carbocycles. The highest BCUT2D eigenvalue weighted by Crippen LogP contribution is 2.66. The van der Waals surface area contributed by atoms with Crippen LogP contribution in [0.1, 0.15) is 77.6 Å². The minimum absolute atomic E-state index is 0.0265. The summed E-state index contributed by atoms with van der Waals surface area (Å²) in [6.07, 6.45) is 6.02. The van der Waals surface area contributed by atoms with Crippen LogP contribution in [0.5, 0.6) is 0 Å². The van der Waals surface area contributed by atoms with Crippen LogP contribution < -0.4 is 0 Å². The lowest BCUT2D eigenvalue weighted by Gasteiger charge is -2.58. The van der Waals surface area contributed by atoms with E-state index in [4.69, 9.17) is 0 Å². The van der Waals surface area contributed by atoms with Crippen molar-refractivity contribution >= 4 is 11.5 Å². The molecular formula is C32H36F3NO2. The van der Waals surface area contributed by atoms with E-state index in [1.165, 1.54) is 16.7 Å². The van der Waals surface area contributed by atoms with E-state index in [-0.39, 0.29) is 24.9 Å². The zero-order valence-electron chi connectivity index (χ0n) is 21.8. The van der Waals surface area contributed by atoms with Crippen LogP contribution in [0.15, 0.2) is 48.0 Å². The maximum Gasteiger partial charge on any atom is 0.335 e. The molecule has 0 aromatic heterocycles. The number of carboxylic acid groups (broad SMARTS) is 1. The van der Waals surface area contributed by atoms with E-state index in [9.17, 15) is 23.1 Å². The monoisotopic (exact) mass is 523 g/mol. The number of hydrogen-bond acceptors (Lipinski definition) is 2. The molecule has 2 aromatic rings. The van der Waals surface area contributed by atoms with Crippen molar-refractivity contribution in [1.82, 2.24) is 4.90 Å². The number of nitrogens with zero attached hydrogens (tertiary/aromatic N) is 1. The number of aromatic carboxylic acids is 1. The van der Waals surface area contributed by atoms with Crippen LogP contribution in [-0.4, -0.2) is 48.2 Å². The number of carboxylic acids is 1. The highest BCUT2D eigenvalue weighted by Gasteiger charge is 2.62. The van der Waals surface area contributed by atoms with Crippen LogP contribution >= 0.6 is 0 Å². The Morgan fingerprint density at radius 1 is 1.03 bits per heavy atom. The predicted octanol–water partition coefficient (Wildman–Crippen LogP) is 7.18. The molecule has 38 heavy (non-hydrogen) atoms. The SMILES string of the molecule is O=C(O)c1ccc2c(c1)CCCC(C1CC3(C1)CC(F)(F)C3)=C2c1ccc(CC2CN(CCCF)C2)cc1. The minimum atomic E-state index is -2.49. The normalized spacial score (nSPS) is 22.8. The largest absolute Gasteiger partial charge is 0.478 e. The molecule has 1 heterocycles. The average Bonchev–Trinajstić information content (AvgIpc) is 3.01. The molecule has 1 aliphatic heterocycles. The van der Waals surface area contributed by atoms with Gasteiger partial charge in [-0.3, -0.25) is 4.39 Å². The van der Waals surface area contributed by atoms with Gasteiger partial charge in [-0.2, -0.15) is 0 Å². The lowest BCUT2D eigenvalue weighted by molar-refractivity contribution is -0.202. The molecule has 1 N–H and O–H groups in total. The van der Waals surface area contributed by atoms with Gasteiger partial charge in [0, 0.05) is 32.5 Å². The van der Waals surface area contributed by atoms with Gasteiger partial charge in [0.1, 0.15) is 0 Å². The van der Waals surface area contributed by atoms with Crippen molar-refractivity contribution in [3.8, 4) is 0 Å². The number of halogens is 3. The second kappa shape index (κ2) is 9.86. The van der Waals surface area contributed by atoms with Crippen molar-refractivity contribution in [3.05, 3.63) is 75.9 Å². The maximum atomic E-state index is 13.7. The average molecular weight is 524 g/mol. The fourth-order valence-corrected chi connectivity index (χ4v) is 7.67. The lowest BCUT2D eigenvalue weighted by atomic mass is 9.48. The molecule has 0 bridgehead atoms. The first-order chi connectivity index (χ1) is 18.2. The quantitative estimate of drug-likeness (QED) is 0.398. The number of hydrogen-bond donors (Lipinski definition) is 1. The van der Waals surface area contributed by atoms with E-state index in [0.717, 1.165) is 74.8 Å². The van der Waals surface area contributed by atoms with Gasteiger partial charge in [0.15, 0.2) is 0 Å². The molecule has 2 aromatic carbocycles. The van der Waals surface area contributed by atoms with Crippen molar-refractivity contribution in [2.75, 3.05) is 26.3 Å². The lowest BCUT2D eigenvalue weighted by Crippen LogP contribution is -2.54. The summed E-state index contributed by atoms with van der Waals surface area (Å²) in [4.78, 5) is 14.0. The molecule has 1 saturated heterocycles. The second-order valence-electron chi connectivity index (χ2n) is 12.3. The summed E-state index contributed by atoms with van der Waals surface area (Å²) in [5.74, 6) is -2.49. The Morgan fingerprint density at radius 2 is 1.76 bits per heavy atom. The standard InChI is InChI=1S/C32H36F3NO2/c33-11-2-12-36-17-22(18-36)13-21-5-7-23(8-6-21)29-27(26-15-31(16-26)19-32(34,35)20-31)4-1-3-24-14-25(30(37)38)9-10-28(24)29/h5-10,14,22,26H,1-4,11-13,15-20H2,(H,37,38). The minimum Gasteiger partial charge on any atom is -0.478 e. The zero-order valence-corrected chi connectivity index (χ0v) is 21.8. The number of carbonyl (C=O) groups is 1. The van der Waals surface area contributed by atoms with Crippen molar-refractivity contribution in [1.29, 1.82) is 0 Å². The van der Waals surface area contributed by atoms with Gasteiger partial charge in [-0.05, 0) is 102 Å². The van der Waals surface area contributed by atoms with E-state index in [1.54, 1.807) is 6.07 Å². The fraction of sp³-hybridized carbons (Fsp3) is 0.531. The Hall–Kier alpha value is -2.60. The van der Waals surface area contributed by atoms with Gasteiger partial charge in [0.2, 0.25) is 5.92 Å². The molecule has 6 heteroatoms. The number of aryl methyl sites for hydroxylation is 1. The number of rotatable bonds is 8. The Balaban J connectivity index is 1.27. The van der Waals surface area contributed by atoms with Gasteiger partial charge in [0.05, 0.1) is 12.2 Å². The van der Waals surface area contributed by atoms with E-state index < -0.39 is 11.9 Å². The first-order valence-corrected chi connectivity index (χ1v) is 14.1. The third-order valence-electron chi connectivity index (χ3n) is 9.36. The summed E-state index contributed by atoms with van der Waals surface area (Å²) in [6, 6.07) is 14.3. The summed E-state index contributed by atoms with van der Waals surface area (Å²) in [5, 5.41) is 9.55. The van der Waals surface area contributed by atoms with Gasteiger partial charge >= 0.3 is 5.97 Å².